The summed E-state index contributed by atoms with van der Waals surface area (Å²) >= 11 is 0. The lowest BCUT2D eigenvalue weighted by molar-refractivity contribution is 0.0488. The van der Waals surface area contributed by atoms with Gasteiger partial charge in [0.15, 0.2) is 0 Å². The molecule has 0 unspecified atom stereocenters. The molecular weight excluding hydrogens is 617 g/mol. The Morgan fingerprint density at radius 1 is 0.447 bits per heavy atom. The average Bonchev–Trinajstić information content (AvgIpc) is 3.06. The van der Waals surface area contributed by atoms with Crippen LogP contribution < -0.4 is 10.4 Å². The molecule has 0 aliphatic heterocycles. The minimum absolute atomic E-state index is 0.252. The number of hydrogen-bond donors (Lipinski definition) is 0. The van der Waals surface area contributed by atoms with Crippen molar-refractivity contribution in [2.45, 2.75) is 156 Å². The maximum atomic E-state index is 12.6. The highest BCUT2D eigenvalue weighted by atomic mass is 28.4. The van der Waals surface area contributed by atoms with Gasteiger partial charge in [-0.3, -0.25) is 0 Å². The van der Waals surface area contributed by atoms with Crippen LogP contribution in [0.5, 0.6) is 0 Å². The molecule has 0 fully saturated rings. The number of carbonyl (C=O) groups excluding carboxylic acids is 2. The van der Waals surface area contributed by atoms with Crippen LogP contribution in [-0.4, -0.2) is 41.8 Å². The molecule has 0 aromatic heterocycles. The van der Waals surface area contributed by atoms with E-state index in [1.165, 1.54) is 89.9 Å². The maximum absolute atomic E-state index is 12.6. The Kier molecular flexibility index (Phi) is 20.2. The van der Waals surface area contributed by atoms with Crippen molar-refractivity contribution < 1.29 is 23.2 Å². The molecular formula is C40H66O5Si2. The monoisotopic (exact) mass is 682 g/mol. The van der Waals surface area contributed by atoms with Gasteiger partial charge in [0.05, 0.1) is 24.3 Å². The lowest BCUT2D eigenvalue weighted by atomic mass is 10.1. The van der Waals surface area contributed by atoms with Gasteiger partial charge in [0.2, 0.25) is 16.6 Å². The summed E-state index contributed by atoms with van der Waals surface area (Å²) in [6.45, 7) is 14.3. The van der Waals surface area contributed by atoms with Crippen LogP contribution in [0, 0.1) is 0 Å². The molecule has 0 saturated heterocycles. The van der Waals surface area contributed by atoms with Crippen LogP contribution in [-0.2, 0) is 13.6 Å². The Morgan fingerprint density at radius 2 is 0.723 bits per heavy atom. The molecule has 0 radical (unpaired) electrons. The van der Waals surface area contributed by atoms with E-state index >= 15 is 0 Å². The quantitative estimate of drug-likeness (QED) is 0.0561. The largest absolute Gasteiger partial charge is 0.462 e. The van der Waals surface area contributed by atoms with Crippen molar-refractivity contribution >= 4 is 38.9 Å². The number of unbranched alkanes of at least 4 members (excludes halogenated alkanes) is 16. The van der Waals surface area contributed by atoms with E-state index in [9.17, 15) is 9.59 Å². The summed E-state index contributed by atoms with van der Waals surface area (Å²) in [6.07, 6.45) is 22.4. The molecule has 0 atom stereocenters. The Hall–Kier alpha value is -2.23. The second-order valence-corrected chi connectivity index (χ2v) is 22.2. The fourth-order valence-corrected chi connectivity index (χ4v) is 14.1. The topological polar surface area (TPSA) is 61.8 Å². The van der Waals surface area contributed by atoms with Gasteiger partial charge in [-0.05, 0) is 73.7 Å². The molecule has 0 amide bonds. The number of benzene rings is 2. The Labute approximate surface area is 289 Å². The van der Waals surface area contributed by atoms with Gasteiger partial charge in [-0.2, -0.15) is 0 Å². The highest BCUT2D eigenvalue weighted by Gasteiger charge is 2.36. The molecule has 264 valence electrons. The third-order valence-corrected chi connectivity index (χ3v) is 16.6. The first-order valence-electron chi connectivity index (χ1n) is 18.9. The summed E-state index contributed by atoms with van der Waals surface area (Å²) in [5, 5.41) is 2.29. The first kappa shape index (κ1) is 40.9. The predicted molar refractivity (Wildman–Crippen MR) is 203 cm³/mol. The minimum atomic E-state index is -2.27. The van der Waals surface area contributed by atoms with E-state index in [-0.39, 0.29) is 11.9 Å². The van der Waals surface area contributed by atoms with Crippen molar-refractivity contribution in [2.24, 2.45) is 0 Å². The van der Waals surface area contributed by atoms with E-state index in [1.807, 2.05) is 48.5 Å². The highest BCUT2D eigenvalue weighted by molar-refractivity contribution is 6.96. The van der Waals surface area contributed by atoms with Gasteiger partial charge in [0.25, 0.3) is 0 Å². The van der Waals surface area contributed by atoms with E-state index < -0.39 is 16.6 Å². The summed E-state index contributed by atoms with van der Waals surface area (Å²) in [6, 6.07) is 15.6. The second-order valence-electron chi connectivity index (χ2n) is 14.2. The zero-order valence-electron chi connectivity index (χ0n) is 30.8. The molecule has 2 rings (SSSR count). The Bertz CT molecular complexity index is 1040. The molecule has 0 saturated carbocycles. The van der Waals surface area contributed by atoms with Crippen LogP contribution >= 0.6 is 0 Å². The normalized spacial score (nSPS) is 11.9. The minimum Gasteiger partial charge on any atom is -0.462 e. The second kappa shape index (κ2) is 23.2. The van der Waals surface area contributed by atoms with Gasteiger partial charge in [0.1, 0.15) is 0 Å². The van der Waals surface area contributed by atoms with Gasteiger partial charge in [-0.15, -0.1) is 0 Å². The summed E-state index contributed by atoms with van der Waals surface area (Å²) in [5.41, 5.74) is 1.18. The molecule has 2 aromatic rings. The summed E-state index contributed by atoms with van der Waals surface area (Å²) in [4.78, 5) is 25.2. The highest BCUT2D eigenvalue weighted by Crippen LogP contribution is 2.17. The molecule has 5 nitrogen and oxygen atoms in total. The van der Waals surface area contributed by atoms with Gasteiger partial charge in [0, 0.05) is 0 Å². The van der Waals surface area contributed by atoms with E-state index in [0.29, 0.717) is 24.3 Å². The fourth-order valence-electron chi connectivity index (χ4n) is 6.09. The molecule has 2 aromatic carbocycles. The smallest absolute Gasteiger partial charge is 0.338 e. The van der Waals surface area contributed by atoms with Crippen LogP contribution in [0.3, 0.4) is 0 Å². The number of carbonyl (C=O) groups is 2. The van der Waals surface area contributed by atoms with E-state index in [2.05, 4.69) is 40.0 Å². The molecule has 7 heteroatoms. The van der Waals surface area contributed by atoms with Crippen molar-refractivity contribution in [3.63, 3.8) is 0 Å². The Balaban J connectivity index is 1.74. The third-order valence-electron chi connectivity index (χ3n) is 9.10. The standard InChI is InChI=1S/C40H66O5Si2/c1-7-9-11-13-15-17-19-21-23-33-43-39(41)35-25-29-37(30-26-35)46(3,4)45-47(5,6)38-31-27-36(28-32-38)40(42)44-34-24-22-20-18-16-14-12-10-8-2/h25-32H,7-24,33-34H2,1-6H3. The number of hydrogen-bond acceptors (Lipinski definition) is 5. The number of esters is 2. The molecule has 0 N–H and O–H groups in total. The van der Waals surface area contributed by atoms with Gasteiger partial charge >= 0.3 is 11.9 Å². The van der Waals surface area contributed by atoms with Crippen LogP contribution in [0.15, 0.2) is 48.5 Å². The van der Waals surface area contributed by atoms with Gasteiger partial charge in [-0.25, -0.2) is 9.59 Å². The van der Waals surface area contributed by atoms with Crippen LogP contribution in [0.4, 0.5) is 0 Å². The van der Waals surface area contributed by atoms with Crippen LogP contribution in [0.1, 0.15) is 150 Å². The van der Waals surface area contributed by atoms with Crippen molar-refractivity contribution in [1.82, 2.24) is 0 Å². The van der Waals surface area contributed by atoms with E-state index in [4.69, 9.17) is 13.6 Å². The predicted octanol–water partition coefficient (Wildman–Crippen LogP) is 10.6. The lowest BCUT2D eigenvalue weighted by Gasteiger charge is -2.34. The van der Waals surface area contributed by atoms with Crippen molar-refractivity contribution in [3.8, 4) is 0 Å². The first-order chi connectivity index (χ1) is 22.6. The SMILES string of the molecule is CCCCCCCCCCCOC(=O)c1ccc([Si](C)(C)O[Si](C)(C)c2ccc(C(=O)OCCCCCCCCCCC)cc2)cc1. The fraction of sp³-hybridized carbons (Fsp3) is 0.650. The van der Waals surface area contributed by atoms with Crippen molar-refractivity contribution in [1.29, 1.82) is 0 Å². The van der Waals surface area contributed by atoms with Crippen molar-refractivity contribution in [2.75, 3.05) is 13.2 Å². The number of ether oxygens (including phenoxy) is 2. The maximum Gasteiger partial charge on any atom is 0.338 e. The summed E-state index contributed by atoms with van der Waals surface area (Å²) < 4.78 is 18.0. The third kappa shape index (κ3) is 16.6. The molecule has 0 bridgehead atoms. The lowest BCUT2D eigenvalue weighted by Crippen LogP contribution is -2.57. The number of rotatable bonds is 26. The molecule has 0 aliphatic carbocycles. The first-order valence-corrected chi connectivity index (χ1v) is 24.7. The molecule has 47 heavy (non-hydrogen) atoms. The van der Waals surface area contributed by atoms with Crippen LogP contribution in [0.25, 0.3) is 0 Å². The van der Waals surface area contributed by atoms with Crippen molar-refractivity contribution in [3.05, 3.63) is 59.7 Å². The zero-order valence-corrected chi connectivity index (χ0v) is 32.8. The summed E-state index contributed by atoms with van der Waals surface area (Å²) in [5.74, 6) is -0.504. The zero-order chi connectivity index (χ0) is 34.4. The molecule has 0 aliphatic rings. The average molecular weight is 683 g/mol. The summed E-state index contributed by atoms with van der Waals surface area (Å²) in [7, 11) is -4.54. The van der Waals surface area contributed by atoms with Gasteiger partial charge < -0.3 is 13.6 Å². The van der Waals surface area contributed by atoms with Gasteiger partial charge in [-0.1, -0.05) is 141 Å². The van der Waals surface area contributed by atoms with E-state index in [0.717, 1.165) is 36.1 Å². The van der Waals surface area contributed by atoms with E-state index in [1.54, 1.807) is 0 Å². The Morgan fingerprint density at radius 3 is 1.02 bits per heavy atom. The van der Waals surface area contributed by atoms with Crippen LogP contribution in [0.2, 0.25) is 26.2 Å². The molecule has 0 spiro atoms. The molecule has 0 heterocycles.